The van der Waals surface area contributed by atoms with Crippen LogP contribution in [0.5, 0.6) is 0 Å². The van der Waals surface area contributed by atoms with E-state index in [1.807, 2.05) is 0 Å². The van der Waals surface area contributed by atoms with Crippen molar-refractivity contribution in [1.29, 1.82) is 0 Å². The third kappa shape index (κ3) is 0.767. The predicted molar refractivity (Wildman–Crippen MR) is 39.4 cm³/mol. The van der Waals surface area contributed by atoms with E-state index in [4.69, 9.17) is 17.0 Å². The lowest BCUT2D eigenvalue weighted by Crippen LogP contribution is -2.06. The summed E-state index contributed by atoms with van der Waals surface area (Å²) in [5.41, 5.74) is 0. The molecule has 1 nitrogen and oxygen atoms in total. The topological polar surface area (TPSA) is 9.23 Å². The minimum atomic E-state index is 0.653. The van der Waals surface area contributed by atoms with Gasteiger partial charge in [-0.15, -0.1) is 0 Å². The molecule has 1 saturated carbocycles. The summed E-state index contributed by atoms with van der Waals surface area (Å²) in [4.78, 5) is 0. The fraction of sp³-hybridized carbons (Fsp3) is 0.857. The SMILES string of the molecule is S=C1OCC2CCCC12. The van der Waals surface area contributed by atoms with Crippen LogP contribution in [0.3, 0.4) is 0 Å². The monoisotopic (exact) mass is 142 g/mol. The van der Waals surface area contributed by atoms with Crippen molar-refractivity contribution >= 4 is 17.3 Å². The second-order valence-corrected chi connectivity index (χ2v) is 3.33. The first-order valence-corrected chi connectivity index (χ1v) is 3.95. The maximum Gasteiger partial charge on any atom is 0.163 e. The molecule has 2 unspecified atom stereocenters. The highest BCUT2D eigenvalue weighted by atomic mass is 32.1. The summed E-state index contributed by atoms with van der Waals surface area (Å²) < 4.78 is 5.25. The van der Waals surface area contributed by atoms with Crippen molar-refractivity contribution < 1.29 is 4.74 Å². The molecule has 50 valence electrons. The van der Waals surface area contributed by atoms with Gasteiger partial charge in [0.25, 0.3) is 0 Å². The highest BCUT2D eigenvalue weighted by molar-refractivity contribution is 7.80. The van der Waals surface area contributed by atoms with Crippen LogP contribution in [0, 0.1) is 11.8 Å². The summed E-state index contributed by atoms with van der Waals surface area (Å²) in [6.45, 7) is 0.906. The van der Waals surface area contributed by atoms with Crippen LogP contribution in [0.4, 0.5) is 0 Å². The Morgan fingerprint density at radius 2 is 2.33 bits per heavy atom. The Labute approximate surface area is 60.4 Å². The zero-order valence-electron chi connectivity index (χ0n) is 5.30. The van der Waals surface area contributed by atoms with Crippen molar-refractivity contribution in [2.75, 3.05) is 6.61 Å². The minimum Gasteiger partial charge on any atom is -0.486 e. The van der Waals surface area contributed by atoms with Crippen molar-refractivity contribution in [1.82, 2.24) is 0 Å². The Hall–Kier alpha value is -0.110. The molecule has 2 atom stereocenters. The Bertz CT molecular complexity index is 144. The van der Waals surface area contributed by atoms with Crippen molar-refractivity contribution in [3.8, 4) is 0 Å². The lowest BCUT2D eigenvalue weighted by atomic mass is 10.0. The largest absolute Gasteiger partial charge is 0.486 e. The third-order valence-corrected chi connectivity index (χ3v) is 2.82. The second kappa shape index (κ2) is 1.94. The summed E-state index contributed by atoms with van der Waals surface area (Å²) >= 11 is 5.03. The zero-order valence-corrected chi connectivity index (χ0v) is 6.12. The number of rotatable bonds is 0. The molecule has 1 heterocycles. The minimum absolute atomic E-state index is 0.653. The number of ether oxygens (including phenoxy) is 1. The van der Waals surface area contributed by atoms with Crippen molar-refractivity contribution in [2.24, 2.45) is 11.8 Å². The molecule has 0 aromatic rings. The fourth-order valence-electron chi connectivity index (χ4n) is 1.84. The van der Waals surface area contributed by atoms with Gasteiger partial charge in [0.05, 0.1) is 6.61 Å². The molecule has 2 fully saturated rings. The molecule has 0 aromatic heterocycles. The van der Waals surface area contributed by atoms with E-state index < -0.39 is 0 Å². The molecule has 9 heavy (non-hydrogen) atoms. The highest BCUT2D eigenvalue weighted by Crippen LogP contribution is 2.37. The molecule has 0 amide bonds. The molecule has 0 N–H and O–H groups in total. The van der Waals surface area contributed by atoms with Crippen LogP contribution in [-0.4, -0.2) is 11.7 Å². The maximum absolute atomic E-state index is 5.25. The number of thiocarbonyl (C=S) groups is 1. The van der Waals surface area contributed by atoms with Crippen LogP contribution >= 0.6 is 12.2 Å². The maximum atomic E-state index is 5.25. The molecule has 2 aliphatic rings. The van der Waals surface area contributed by atoms with E-state index in [0.717, 1.165) is 17.6 Å². The van der Waals surface area contributed by atoms with E-state index in [1.54, 1.807) is 0 Å². The third-order valence-electron chi connectivity index (χ3n) is 2.40. The van der Waals surface area contributed by atoms with Crippen LogP contribution in [-0.2, 0) is 4.74 Å². The van der Waals surface area contributed by atoms with Crippen LogP contribution in [0.1, 0.15) is 19.3 Å². The molecule has 1 saturated heterocycles. The van der Waals surface area contributed by atoms with Gasteiger partial charge >= 0.3 is 0 Å². The Kier molecular flexibility index (Phi) is 1.22. The smallest absolute Gasteiger partial charge is 0.163 e. The summed E-state index contributed by atoms with van der Waals surface area (Å²) in [5.74, 6) is 1.44. The van der Waals surface area contributed by atoms with E-state index >= 15 is 0 Å². The van der Waals surface area contributed by atoms with Crippen molar-refractivity contribution in [2.45, 2.75) is 19.3 Å². The summed E-state index contributed by atoms with van der Waals surface area (Å²) in [7, 11) is 0. The first-order valence-electron chi connectivity index (χ1n) is 3.54. The second-order valence-electron chi connectivity index (χ2n) is 2.93. The lowest BCUT2D eigenvalue weighted by molar-refractivity contribution is 0.300. The molecule has 2 heteroatoms. The van der Waals surface area contributed by atoms with E-state index in [9.17, 15) is 0 Å². The molecule has 1 aliphatic heterocycles. The molecular formula is C7H10OS. The van der Waals surface area contributed by atoms with Gasteiger partial charge in [-0.1, -0.05) is 6.42 Å². The summed E-state index contributed by atoms with van der Waals surface area (Å²) in [6, 6.07) is 0. The Balaban J connectivity index is 2.15. The number of fused-ring (bicyclic) bond motifs is 1. The molecule has 0 bridgehead atoms. The van der Waals surface area contributed by atoms with E-state index in [2.05, 4.69) is 0 Å². The van der Waals surface area contributed by atoms with Crippen LogP contribution < -0.4 is 0 Å². The molecular weight excluding hydrogens is 132 g/mol. The van der Waals surface area contributed by atoms with Gasteiger partial charge < -0.3 is 4.74 Å². The van der Waals surface area contributed by atoms with E-state index in [-0.39, 0.29) is 0 Å². The van der Waals surface area contributed by atoms with Gasteiger partial charge in [0.15, 0.2) is 5.05 Å². The van der Waals surface area contributed by atoms with Gasteiger partial charge in [0.1, 0.15) is 0 Å². The fourth-order valence-corrected chi connectivity index (χ4v) is 2.22. The quantitative estimate of drug-likeness (QED) is 0.477. The Morgan fingerprint density at radius 3 is 3.11 bits per heavy atom. The number of hydrogen-bond donors (Lipinski definition) is 0. The Morgan fingerprint density at radius 1 is 1.44 bits per heavy atom. The van der Waals surface area contributed by atoms with E-state index in [1.165, 1.54) is 19.3 Å². The first kappa shape index (κ1) is 5.66. The molecule has 0 radical (unpaired) electrons. The van der Waals surface area contributed by atoms with Crippen LogP contribution in [0.25, 0.3) is 0 Å². The summed E-state index contributed by atoms with van der Waals surface area (Å²) in [5, 5.41) is 0.887. The van der Waals surface area contributed by atoms with Crippen molar-refractivity contribution in [3.05, 3.63) is 0 Å². The van der Waals surface area contributed by atoms with Gasteiger partial charge in [-0.25, -0.2) is 0 Å². The first-order chi connectivity index (χ1) is 4.38. The van der Waals surface area contributed by atoms with Crippen molar-refractivity contribution in [3.63, 3.8) is 0 Å². The van der Waals surface area contributed by atoms with Gasteiger partial charge in [0, 0.05) is 11.8 Å². The molecule has 0 spiro atoms. The standard InChI is InChI=1S/C7H10OS/c9-7-6-3-1-2-5(6)4-8-7/h5-6H,1-4H2. The van der Waals surface area contributed by atoms with Crippen LogP contribution in [0.15, 0.2) is 0 Å². The van der Waals surface area contributed by atoms with Gasteiger partial charge in [-0.05, 0) is 25.1 Å². The molecule has 1 aliphatic carbocycles. The average molecular weight is 142 g/mol. The normalized spacial score (nSPS) is 40.7. The van der Waals surface area contributed by atoms with Gasteiger partial charge in [-0.2, -0.15) is 0 Å². The average Bonchev–Trinajstić information content (AvgIpc) is 2.35. The number of hydrogen-bond acceptors (Lipinski definition) is 2. The predicted octanol–water partition coefficient (Wildman–Crippen LogP) is 1.76. The van der Waals surface area contributed by atoms with Gasteiger partial charge in [-0.3, -0.25) is 0 Å². The molecule has 2 rings (SSSR count). The zero-order chi connectivity index (χ0) is 6.27. The molecule has 0 aromatic carbocycles. The van der Waals surface area contributed by atoms with Gasteiger partial charge in [0.2, 0.25) is 0 Å². The van der Waals surface area contributed by atoms with E-state index in [0.29, 0.717) is 5.92 Å². The highest BCUT2D eigenvalue weighted by Gasteiger charge is 2.37. The summed E-state index contributed by atoms with van der Waals surface area (Å²) in [6.07, 6.45) is 3.98. The lowest BCUT2D eigenvalue weighted by Gasteiger charge is -2.00. The van der Waals surface area contributed by atoms with Crippen LogP contribution in [0.2, 0.25) is 0 Å².